The number of rotatable bonds is 6. The van der Waals surface area contributed by atoms with Gasteiger partial charge in [0, 0.05) is 39.6 Å². The maximum atomic E-state index is 6.06. The highest BCUT2D eigenvalue weighted by Gasteiger charge is 2.41. The molecule has 2 fully saturated rings. The van der Waals surface area contributed by atoms with Crippen LogP contribution in [0.15, 0.2) is 17.3 Å². The molecule has 0 unspecified atom stereocenters. The van der Waals surface area contributed by atoms with Crippen LogP contribution in [0.5, 0.6) is 0 Å². The molecule has 3 rings (SSSR count). The van der Waals surface area contributed by atoms with Crippen molar-refractivity contribution in [1.29, 1.82) is 0 Å². The molecule has 2 saturated carbocycles. The summed E-state index contributed by atoms with van der Waals surface area (Å²) < 4.78 is 2.07. The Balaban J connectivity index is 0.00000192. The van der Waals surface area contributed by atoms with Crippen molar-refractivity contribution in [1.82, 2.24) is 14.8 Å². The number of halogens is 2. The van der Waals surface area contributed by atoms with Crippen LogP contribution in [0, 0.1) is 17.8 Å². The molecule has 0 spiro atoms. The fourth-order valence-electron chi connectivity index (χ4n) is 3.40. The highest BCUT2D eigenvalue weighted by atomic mass is 127. The zero-order chi connectivity index (χ0) is 15.7. The van der Waals surface area contributed by atoms with Gasteiger partial charge < -0.3 is 14.8 Å². The number of aliphatic imine (C=N–C) groups is 1. The molecule has 0 radical (unpaired) electrons. The molecule has 0 aromatic carbocycles. The first kappa shape index (κ1) is 18.9. The second-order valence-electron chi connectivity index (χ2n) is 6.88. The molecule has 2 aliphatic carbocycles. The summed E-state index contributed by atoms with van der Waals surface area (Å²) in [5.41, 5.74) is 1.19. The summed E-state index contributed by atoms with van der Waals surface area (Å²) in [6.07, 6.45) is 7.66. The summed E-state index contributed by atoms with van der Waals surface area (Å²) in [5.74, 6) is 3.77. The van der Waals surface area contributed by atoms with Crippen LogP contribution in [0.25, 0.3) is 0 Å². The molecule has 2 aliphatic rings. The van der Waals surface area contributed by atoms with Gasteiger partial charge in [0.1, 0.15) is 0 Å². The van der Waals surface area contributed by atoms with Crippen molar-refractivity contribution in [2.45, 2.75) is 32.2 Å². The maximum Gasteiger partial charge on any atom is 0.193 e. The van der Waals surface area contributed by atoms with E-state index in [1.54, 1.807) is 0 Å². The predicted octanol–water partition coefficient (Wildman–Crippen LogP) is 3.74. The minimum Gasteiger partial charge on any atom is -0.356 e. The molecular weight excluding hydrogens is 423 g/mol. The highest BCUT2D eigenvalue weighted by molar-refractivity contribution is 14.0. The summed E-state index contributed by atoms with van der Waals surface area (Å²) >= 11 is 6.06. The lowest BCUT2D eigenvalue weighted by Crippen LogP contribution is -2.41. The number of nitrogens with one attached hydrogen (secondary N) is 1. The summed E-state index contributed by atoms with van der Waals surface area (Å²) in [5, 5.41) is 4.38. The van der Waals surface area contributed by atoms with E-state index in [9.17, 15) is 0 Å². The van der Waals surface area contributed by atoms with Crippen molar-refractivity contribution in [3.63, 3.8) is 0 Å². The molecule has 1 aromatic heterocycles. The van der Waals surface area contributed by atoms with E-state index in [0.29, 0.717) is 0 Å². The lowest BCUT2D eigenvalue weighted by molar-refractivity contribution is 0.385. The second-order valence-corrected chi connectivity index (χ2v) is 7.32. The van der Waals surface area contributed by atoms with Crippen molar-refractivity contribution < 1.29 is 0 Å². The van der Waals surface area contributed by atoms with Crippen LogP contribution in [-0.4, -0.2) is 36.1 Å². The summed E-state index contributed by atoms with van der Waals surface area (Å²) in [7, 11) is 5.97. The molecule has 0 atom stereocenters. The minimum absolute atomic E-state index is 0. The third-order valence-electron chi connectivity index (χ3n) is 5.00. The molecule has 0 bridgehead atoms. The summed E-state index contributed by atoms with van der Waals surface area (Å²) in [6, 6.07) is 2.02. The monoisotopic (exact) mass is 450 g/mol. The Bertz CT molecular complexity index is 537. The Kier molecular flexibility index (Phi) is 6.66. The number of nitrogens with zero attached hydrogens (tertiary/aromatic N) is 3. The highest BCUT2D eigenvalue weighted by Crippen LogP contribution is 2.48. The molecule has 0 saturated heterocycles. The smallest absolute Gasteiger partial charge is 0.193 e. The largest absolute Gasteiger partial charge is 0.356 e. The maximum absolute atomic E-state index is 6.06. The first-order valence-corrected chi connectivity index (χ1v) is 8.68. The van der Waals surface area contributed by atoms with Gasteiger partial charge in [-0.2, -0.15) is 0 Å². The quantitative estimate of drug-likeness (QED) is 0.407. The predicted molar refractivity (Wildman–Crippen MR) is 108 cm³/mol. The van der Waals surface area contributed by atoms with Crippen LogP contribution in [0.3, 0.4) is 0 Å². The first-order chi connectivity index (χ1) is 10.6. The first-order valence-electron chi connectivity index (χ1n) is 8.31. The van der Waals surface area contributed by atoms with Crippen LogP contribution in [0.4, 0.5) is 0 Å². The standard InChI is InChI=1S/C17H27ClN4.HI/c1-19-17(20-9-16(12-4-5-12)13-6-7-13)22(3)11-15-8-14(18)10-21(15)2;/h8,10,12-13,16H,4-7,9,11H2,1-3H3,(H,19,20);1H. The van der Waals surface area contributed by atoms with Gasteiger partial charge in [-0.05, 0) is 49.5 Å². The molecule has 0 amide bonds. The SMILES string of the molecule is CN=C(NCC(C1CC1)C1CC1)N(C)Cc1cc(Cl)cn1C.I. The Morgan fingerprint density at radius 3 is 2.43 bits per heavy atom. The number of guanidine groups is 1. The lowest BCUT2D eigenvalue weighted by Gasteiger charge is -2.25. The second kappa shape index (κ2) is 8.10. The van der Waals surface area contributed by atoms with E-state index in [1.807, 2.05) is 26.4 Å². The van der Waals surface area contributed by atoms with Crippen molar-refractivity contribution in [3.05, 3.63) is 23.0 Å². The number of aromatic nitrogens is 1. The average Bonchev–Trinajstić information content (AvgIpc) is 3.36. The zero-order valence-electron chi connectivity index (χ0n) is 14.3. The molecule has 23 heavy (non-hydrogen) atoms. The van der Waals surface area contributed by atoms with Crippen molar-refractivity contribution >= 4 is 41.5 Å². The van der Waals surface area contributed by atoms with E-state index in [0.717, 1.165) is 41.8 Å². The van der Waals surface area contributed by atoms with E-state index in [2.05, 4.69) is 26.8 Å². The molecule has 1 N–H and O–H groups in total. The third kappa shape index (κ3) is 5.02. The molecule has 6 heteroatoms. The number of hydrogen-bond acceptors (Lipinski definition) is 1. The fraction of sp³-hybridized carbons (Fsp3) is 0.706. The summed E-state index contributed by atoms with van der Waals surface area (Å²) in [6.45, 7) is 1.88. The third-order valence-corrected chi connectivity index (χ3v) is 5.20. The zero-order valence-corrected chi connectivity index (χ0v) is 17.3. The molecule has 0 aliphatic heterocycles. The fourth-order valence-corrected chi connectivity index (χ4v) is 3.67. The van der Waals surface area contributed by atoms with E-state index in [-0.39, 0.29) is 24.0 Å². The van der Waals surface area contributed by atoms with Gasteiger partial charge in [0.2, 0.25) is 0 Å². The van der Waals surface area contributed by atoms with Crippen LogP contribution in [-0.2, 0) is 13.6 Å². The van der Waals surface area contributed by atoms with Crippen molar-refractivity contribution in [2.24, 2.45) is 29.8 Å². The van der Waals surface area contributed by atoms with Crippen molar-refractivity contribution in [2.75, 3.05) is 20.6 Å². The number of aryl methyl sites for hydroxylation is 1. The Morgan fingerprint density at radius 2 is 2.00 bits per heavy atom. The molecule has 130 valence electrons. The van der Waals surface area contributed by atoms with Crippen molar-refractivity contribution in [3.8, 4) is 0 Å². The summed E-state index contributed by atoms with van der Waals surface area (Å²) in [4.78, 5) is 6.61. The Hall–Kier alpha value is -0.430. The normalized spacial score (nSPS) is 18.0. The van der Waals surface area contributed by atoms with Gasteiger partial charge in [0.05, 0.1) is 11.6 Å². The van der Waals surface area contributed by atoms with Crippen LogP contribution in [0.2, 0.25) is 5.02 Å². The average molecular weight is 451 g/mol. The minimum atomic E-state index is 0. The van der Waals surface area contributed by atoms with Gasteiger partial charge in [0.15, 0.2) is 5.96 Å². The van der Waals surface area contributed by atoms with E-state index in [1.165, 1.54) is 31.4 Å². The van der Waals surface area contributed by atoms with E-state index < -0.39 is 0 Å². The van der Waals surface area contributed by atoms with Gasteiger partial charge in [0.25, 0.3) is 0 Å². The van der Waals surface area contributed by atoms with Crippen LogP contribution < -0.4 is 5.32 Å². The Morgan fingerprint density at radius 1 is 1.39 bits per heavy atom. The molecule has 1 aromatic rings. The van der Waals surface area contributed by atoms with Crippen LogP contribution in [0.1, 0.15) is 31.4 Å². The van der Waals surface area contributed by atoms with Gasteiger partial charge >= 0.3 is 0 Å². The molecule has 4 nitrogen and oxygen atoms in total. The molecule has 1 heterocycles. The van der Waals surface area contributed by atoms with Gasteiger partial charge in [-0.15, -0.1) is 24.0 Å². The van der Waals surface area contributed by atoms with Gasteiger partial charge in [-0.1, -0.05) is 11.6 Å². The number of hydrogen-bond donors (Lipinski definition) is 1. The van der Waals surface area contributed by atoms with Gasteiger partial charge in [-0.3, -0.25) is 4.99 Å². The lowest BCUT2D eigenvalue weighted by atomic mass is 9.98. The van der Waals surface area contributed by atoms with E-state index in [4.69, 9.17) is 11.6 Å². The molecular formula is C17H28ClIN4. The Labute approximate surface area is 161 Å². The van der Waals surface area contributed by atoms with Gasteiger partial charge in [-0.25, -0.2) is 0 Å². The topological polar surface area (TPSA) is 32.6 Å². The van der Waals surface area contributed by atoms with Crippen LogP contribution >= 0.6 is 35.6 Å². The van der Waals surface area contributed by atoms with E-state index >= 15 is 0 Å².